The van der Waals surface area contributed by atoms with E-state index in [2.05, 4.69) is 5.32 Å². The Bertz CT molecular complexity index is 499. The van der Waals surface area contributed by atoms with Crippen LogP contribution in [-0.4, -0.2) is 31.1 Å². The van der Waals surface area contributed by atoms with Crippen molar-refractivity contribution in [3.63, 3.8) is 0 Å². The number of esters is 1. The van der Waals surface area contributed by atoms with Crippen LogP contribution < -0.4 is 10.1 Å². The molecule has 0 aliphatic heterocycles. The predicted molar refractivity (Wildman–Crippen MR) is 80.3 cm³/mol. The number of hydrogen-bond donors (Lipinski definition) is 1. The highest BCUT2D eigenvalue weighted by Crippen LogP contribution is 2.20. The van der Waals surface area contributed by atoms with Gasteiger partial charge in [-0.3, -0.25) is 4.79 Å². The predicted octanol–water partition coefficient (Wildman–Crippen LogP) is 2.14. The molecule has 1 aromatic rings. The molecular formula is C16H23NO4. The van der Waals surface area contributed by atoms with Gasteiger partial charge in [-0.15, -0.1) is 0 Å². The number of carbonyl (C=O) groups is 2. The van der Waals surface area contributed by atoms with Crippen LogP contribution in [0, 0.1) is 13.8 Å². The Morgan fingerprint density at radius 2 is 1.95 bits per heavy atom. The van der Waals surface area contributed by atoms with Crippen LogP contribution in [0.3, 0.4) is 0 Å². The zero-order valence-corrected chi connectivity index (χ0v) is 13.1. The van der Waals surface area contributed by atoms with Crippen molar-refractivity contribution in [2.45, 2.75) is 40.2 Å². The van der Waals surface area contributed by atoms with E-state index in [0.29, 0.717) is 5.75 Å². The summed E-state index contributed by atoms with van der Waals surface area (Å²) in [5.41, 5.74) is 2.08. The molecule has 1 atom stereocenters. The molecule has 0 saturated heterocycles. The molecule has 5 nitrogen and oxygen atoms in total. The van der Waals surface area contributed by atoms with Gasteiger partial charge in [0.15, 0.2) is 13.2 Å². The van der Waals surface area contributed by atoms with Gasteiger partial charge in [0, 0.05) is 6.04 Å². The average molecular weight is 293 g/mol. The van der Waals surface area contributed by atoms with Gasteiger partial charge in [0.25, 0.3) is 5.91 Å². The maximum Gasteiger partial charge on any atom is 0.344 e. The lowest BCUT2D eigenvalue weighted by atomic mass is 10.1. The van der Waals surface area contributed by atoms with Crippen LogP contribution >= 0.6 is 0 Å². The summed E-state index contributed by atoms with van der Waals surface area (Å²) in [4.78, 5) is 23.0. The van der Waals surface area contributed by atoms with Crippen LogP contribution in [0.5, 0.6) is 5.75 Å². The van der Waals surface area contributed by atoms with Crippen molar-refractivity contribution in [1.82, 2.24) is 5.32 Å². The number of ether oxygens (including phenoxy) is 2. The molecule has 1 amide bonds. The van der Waals surface area contributed by atoms with Gasteiger partial charge in [-0.05, 0) is 44.4 Å². The molecule has 116 valence electrons. The Morgan fingerprint density at radius 1 is 1.24 bits per heavy atom. The third kappa shape index (κ3) is 5.85. The van der Waals surface area contributed by atoms with Crippen LogP contribution in [0.15, 0.2) is 18.2 Å². The van der Waals surface area contributed by atoms with E-state index in [1.807, 2.05) is 39.8 Å². The summed E-state index contributed by atoms with van der Waals surface area (Å²) in [5, 5.41) is 2.72. The number of hydrogen-bond acceptors (Lipinski definition) is 4. The summed E-state index contributed by atoms with van der Waals surface area (Å²) in [5.74, 6) is -0.212. The molecule has 5 heteroatoms. The van der Waals surface area contributed by atoms with Crippen molar-refractivity contribution in [2.75, 3.05) is 13.2 Å². The first-order chi connectivity index (χ1) is 9.93. The molecule has 1 rings (SSSR count). The summed E-state index contributed by atoms with van der Waals surface area (Å²) in [6, 6.07) is 5.70. The van der Waals surface area contributed by atoms with E-state index in [0.717, 1.165) is 17.5 Å². The number of amides is 1. The molecule has 0 heterocycles. The van der Waals surface area contributed by atoms with E-state index >= 15 is 0 Å². The summed E-state index contributed by atoms with van der Waals surface area (Å²) in [7, 11) is 0. The maximum absolute atomic E-state index is 11.5. The second-order valence-electron chi connectivity index (χ2n) is 5.02. The Balaban J connectivity index is 2.34. The highest BCUT2D eigenvalue weighted by Gasteiger charge is 2.11. The number of nitrogens with one attached hydrogen (secondary N) is 1. The molecule has 0 aliphatic carbocycles. The van der Waals surface area contributed by atoms with Crippen molar-refractivity contribution >= 4 is 11.9 Å². The number of carbonyl (C=O) groups excluding carboxylic acids is 2. The van der Waals surface area contributed by atoms with Gasteiger partial charge in [-0.2, -0.15) is 0 Å². The monoisotopic (exact) mass is 293 g/mol. The highest BCUT2D eigenvalue weighted by molar-refractivity contribution is 5.81. The minimum atomic E-state index is -0.560. The van der Waals surface area contributed by atoms with Crippen molar-refractivity contribution in [3.05, 3.63) is 29.3 Å². The van der Waals surface area contributed by atoms with Gasteiger partial charge >= 0.3 is 5.97 Å². The summed E-state index contributed by atoms with van der Waals surface area (Å²) in [6.45, 7) is 7.27. The van der Waals surface area contributed by atoms with Gasteiger partial charge in [-0.25, -0.2) is 4.79 Å². The van der Waals surface area contributed by atoms with Crippen LogP contribution in [-0.2, 0) is 14.3 Å². The summed E-state index contributed by atoms with van der Waals surface area (Å²) < 4.78 is 10.3. The zero-order valence-electron chi connectivity index (χ0n) is 13.1. The fourth-order valence-electron chi connectivity index (χ4n) is 1.62. The van der Waals surface area contributed by atoms with Crippen LogP contribution in [0.2, 0.25) is 0 Å². The quantitative estimate of drug-likeness (QED) is 0.782. The van der Waals surface area contributed by atoms with E-state index in [-0.39, 0.29) is 25.2 Å². The first-order valence-corrected chi connectivity index (χ1v) is 7.08. The molecule has 0 bridgehead atoms. The Kier molecular flexibility index (Phi) is 6.72. The van der Waals surface area contributed by atoms with Gasteiger partial charge in [0.1, 0.15) is 5.75 Å². The van der Waals surface area contributed by atoms with Crippen LogP contribution in [0.25, 0.3) is 0 Å². The smallest absolute Gasteiger partial charge is 0.344 e. The van der Waals surface area contributed by atoms with Gasteiger partial charge in [-0.1, -0.05) is 19.1 Å². The summed E-state index contributed by atoms with van der Waals surface area (Å²) >= 11 is 0. The molecule has 0 unspecified atom stereocenters. The van der Waals surface area contributed by atoms with E-state index in [9.17, 15) is 9.59 Å². The van der Waals surface area contributed by atoms with E-state index in [1.165, 1.54) is 0 Å². The third-order valence-corrected chi connectivity index (χ3v) is 3.28. The van der Waals surface area contributed by atoms with Gasteiger partial charge in [0.05, 0.1) is 0 Å². The van der Waals surface area contributed by atoms with Crippen molar-refractivity contribution in [3.8, 4) is 5.75 Å². The Hall–Kier alpha value is -2.04. The molecule has 0 spiro atoms. The number of benzene rings is 1. The van der Waals surface area contributed by atoms with E-state index in [4.69, 9.17) is 9.47 Å². The SMILES string of the molecule is CC[C@@H](C)NC(=O)COC(=O)COc1cccc(C)c1C. The molecular weight excluding hydrogens is 270 g/mol. The second kappa shape index (κ2) is 8.29. The molecule has 0 aliphatic rings. The van der Waals surface area contributed by atoms with Crippen molar-refractivity contribution in [2.24, 2.45) is 0 Å². The first-order valence-electron chi connectivity index (χ1n) is 7.08. The molecule has 0 saturated carbocycles. The fourth-order valence-corrected chi connectivity index (χ4v) is 1.62. The summed E-state index contributed by atoms with van der Waals surface area (Å²) in [6.07, 6.45) is 0.829. The van der Waals surface area contributed by atoms with E-state index < -0.39 is 5.97 Å². The minimum Gasteiger partial charge on any atom is -0.482 e. The molecule has 0 fully saturated rings. The van der Waals surface area contributed by atoms with Crippen molar-refractivity contribution < 1.29 is 19.1 Å². The fraction of sp³-hybridized carbons (Fsp3) is 0.500. The lowest BCUT2D eigenvalue weighted by molar-refractivity contribution is -0.150. The Labute approximate surface area is 125 Å². The number of rotatable bonds is 7. The lowest BCUT2D eigenvalue weighted by Gasteiger charge is -2.12. The maximum atomic E-state index is 11.5. The topological polar surface area (TPSA) is 64.6 Å². The van der Waals surface area contributed by atoms with Crippen LogP contribution in [0.4, 0.5) is 0 Å². The van der Waals surface area contributed by atoms with Gasteiger partial charge < -0.3 is 14.8 Å². The zero-order chi connectivity index (χ0) is 15.8. The second-order valence-corrected chi connectivity index (χ2v) is 5.02. The molecule has 1 aromatic carbocycles. The molecule has 0 radical (unpaired) electrons. The standard InChI is InChI=1S/C16H23NO4/c1-5-12(3)17-15(18)9-21-16(19)10-20-14-8-6-7-11(2)13(14)4/h6-8,12H,5,9-10H2,1-4H3,(H,17,18)/t12-/m1/s1. The van der Waals surface area contributed by atoms with Crippen molar-refractivity contribution in [1.29, 1.82) is 0 Å². The molecule has 0 aromatic heterocycles. The largest absolute Gasteiger partial charge is 0.482 e. The lowest BCUT2D eigenvalue weighted by Crippen LogP contribution is -2.35. The number of aryl methyl sites for hydroxylation is 1. The first kappa shape index (κ1) is 17.0. The molecule has 21 heavy (non-hydrogen) atoms. The average Bonchev–Trinajstić information content (AvgIpc) is 2.46. The molecule has 1 N–H and O–H groups in total. The Morgan fingerprint density at radius 3 is 2.62 bits per heavy atom. The highest BCUT2D eigenvalue weighted by atomic mass is 16.6. The normalized spacial score (nSPS) is 11.6. The van der Waals surface area contributed by atoms with Crippen LogP contribution in [0.1, 0.15) is 31.4 Å². The minimum absolute atomic E-state index is 0.0717. The van der Waals surface area contributed by atoms with E-state index in [1.54, 1.807) is 6.07 Å². The third-order valence-electron chi connectivity index (χ3n) is 3.28. The van der Waals surface area contributed by atoms with Gasteiger partial charge in [0.2, 0.25) is 0 Å².